The molecule has 0 bridgehead atoms. The fraction of sp³-hybridized carbons (Fsp3) is 0.500. The number of carboxylic acids is 1. The summed E-state index contributed by atoms with van der Waals surface area (Å²) in [6.45, 7) is 6.87. The largest absolute Gasteiger partial charge is 0.481 e. The summed E-state index contributed by atoms with van der Waals surface area (Å²) in [6.07, 6.45) is 0.220. The zero-order valence-corrected chi connectivity index (χ0v) is 11.7. The highest BCUT2D eigenvalue weighted by molar-refractivity contribution is 5.85. The normalized spacial score (nSPS) is 17.7. The molecule has 0 amide bonds. The molecule has 0 saturated carbocycles. The van der Waals surface area contributed by atoms with Gasteiger partial charge < -0.3 is 5.11 Å². The highest BCUT2D eigenvalue weighted by atomic mass is 35.5. The fourth-order valence-corrected chi connectivity index (χ4v) is 2.67. The lowest BCUT2D eigenvalue weighted by atomic mass is 9.78. The molecule has 2 rings (SSSR count). The van der Waals surface area contributed by atoms with E-state index in [2.05, 4.69) is 43.0 Å². The number of fused-ring (bicyclic) bond motifs is 1. The van der Waals surface area contributed by atoms with Crippen molar-refractivity contribution in [1.29, 1.82) is 0 Å². The number of rotatable bonds is 3. The number of hydrogen-bond donors (Lipinski definition) is 1. The Balaban J connectivity index is 0.00000162. The van der Waals surface area contributed by atoms with E-state index in [0.717, 1.165) is 13.1 Å². The van der Waals surface area contributed by atoms with Crippen molar-refractivity contribution in [3.8, 4) is 0 Å². The maximum atomic E-state index is 10.6. The molecule has 0 radical (unpaired) electrons. The molecule has 0 aliphatic carbocycles. The van der Waals surface area contributed by atoms with E-state index in [1.165, 1.54) is 11.1 Å². The number of carboxylic acid groups (broad SMARTS) is 1. The smallest absolute Gasteiger partial charge is 0.304 e. The molecule has 1 aromatic rings. The predicted molar refractivity (Wildman–Crippen MR) is 74.2 cm³/mol. The van der Waals surface area contributed by atoms with Crippen molar-refractivity contribution in [3.63, 3.8) is 0 Å². The van der Waals surface area contributed by atoms with Crippen LogP contribution in [0.4, 0.5) is 0 Å². The Morgan fingerprint density at radius 1 is 1.39 bits per heavy atom. The molecular formula is C14H20ClNO2. The number of halogens is 1. The van der Waals surface area contributed by atoms with Gasteiger partial charge in [-0.3, -0.25) is 9.69 Å². The van der Waals surface area contributed by atoms with E-state index >= 15 is 0 Å². The van der Waals surface area contributed by atoms with Gasteiger partial charge in [-0.05, 0) is 11.1 Å². The molecule has 1 heterocycles. The summed E-state index contributed by atoms with van der Waals surface area (Å²) in [5, 5.41) is 8.74. The number of aliphatic carboxylic acids is 1. The van der Waals surface area contributed by atoms with E-state index in [9.17, 15) is 4.79 Å². The first-order valence-corrected chi connectivity index (χ1v) is 6.01. The molecule has 0 fully saturated rings. The third kappa shape index (κ3) is 3.24. The molecule has 18 heavy (non-hydrogen) atoms. The van der Waals surface area contributed by atoms with Gasteiger partial charge in [0.15, 0.2) is 0 Å². The van der Waals surface area contributed by atoms with Crippen molar-refractivity contribution < 1.29 is 9.90 Å². The second-order valence-electron chi connectivity index (χ2n) is 5.40. The number of nitrogens with zero attached hydrogens (tertiary/aromatic N) is 1. The first-order valence-electron chi connectivity index (χ1n) is 6.01. The monoisotopic (exact) mass is 269 g/mol. The lowest BCUT2D eigenvalue weighted by Crippen LogP contribution is -2.42. The Morgan fingerprint density at radius 2 is 2.06 bits per heavy atom. The van der Waals surface area contributed by atoms with Gasteiger partial charge in [0.1, 0.15) is 0 Å². The van der Waals surface area contributed by atoms with E-state index in [1.54, 1.807) is 0 Å². The van der Waals surface area contributed by atoms with Crippen molar-refractivity contribution in [1.82, 2.24) is 4.90 Å². The minimum absolute atomic E-state index is 0. The summed E-state index contributed by atoms with van der Waals surface area (Å²) in [7, 11) is 0. The van der Waals surface area contributed by atoms with E-state index < -0.39 is 5.97 Å². The van der Waals surface area contributed by atoms with Gasteiger partial charge in [0.2, 0.25) is 0 Å². The molecule has 1 aliphatic heterocycles. The molecular weight excluding hydrogens is 250 g/mol. The second-order valence-corrected chi connectivity index (χ2v) is 5.40. The van der Waals surface area contributed by atoms with Crippen LogP contribution in [0.3, 0.4) is 0 Å². The molecule has 100 valence electrons. The van der Waals surface area contributed by atoms with Crippen LogP contribution in [0.1, 0.15) is 31.4 Å². The molecule has 0 atom stereocenters. The second kappa shape index (κ2) is 5.72. The molecule has 1 aliphatic rings. The fourth-order valence-electron chi connectivity index (χ4n) is 2.67. The third-order valence-electron chi connectivity index (χ3n) is 3.40. The van der Waals surface area contributed by atoms with Gasteiger partial charge in [-0.25, -0.2) is 0 Å². The first-order chi connectivity index (χ1) is 7.99. The van der Waals surface area contributed by atoms with Crippen LogP contribution >= 0.6 is 12.4 Å². The van der Waals surface area contributed by atoms with Crippen LogP contribution in [0.5, 0.6) is 0 Å². The summed E-state index contributed by atoms with van der Waals surface area (Å²) >= 11 is 0. The maximum absolute atomic E-state index is 10.6. The van der Waals surface area contributed by atoms with Crippen LogP contribution in [-0.4, -0.2) is 29.1 Å². The van der Waals surface area contributed by atoms with Gasteiger partial charge in [-0.15, -0.1) is 12.4 Å². The summed E-state index contributed by atoms with van der Waals surface area (Å²) in [5.41, 5.74) is 2.83. The first kappa shape index (κ1) is 15.0. The summed E-state index contributed by atoms with van der Waals surface area (Å²) in [6, 6.07) is 8.46. The van der Waals surface area contributed by atoms with E-state index in [4.69, 9.17) is 5.11 Å². The molecule has 1 aromatic carbocycles. The quantitative estimate of drug-likeness (QED) is 0.917. The summed E-state index contributed by atoms with van der Waals surface area (Å²) < 4.78 is 0. The maximum Gasteiger partial charge on any atom is 0.304 e. The third-order valence-corrected chi connectivity index (χ3v) is 3.40. The minimum Gasteiger partial charge on any atom is -0.481 e. The van der Waals surface area contributed by atoms with Gasteiger partial charge in [0.05, 0.1) is 6.42 Å². The average molecular weight is 270 g/mol. The SMILES string of the molecule is CC1(C)CN(CCC(=O)O)Cc2ccccc21.Cl. The van der Waals surface area contributed by atoms with E-state index in [-0.39, 0.29) is 24.2 Å². The van der Waals surface area contributed by atoms with Gasteiger partial charge in [-0.2, -0.15) is 0 Å². The topological polar surface area (TPSA) is 40.5 Å². The minimum atomic E-state index is -0.721. The zero-order chi connectivity index (χ0) is 12.5. The van der Waals surface area contributed by atoms with Crippen LogP contribution in [0.25, 0.3) is 0 Å². The van der Waals surface area contributed by atoms with Crippen molar-refractivity contribution in [2.75, 3.05) is 13.1 Å². The predicted octanol–water partition coefficient (Wildman–Crippen LogP) is 2.68. The average Bonchev–Trinajstić information content (AvgIpc) is 2.25. The summed E-state index contributed by atoms with van der Waals surface area (Å²) in [5.74, 6) is -0.721. The molecule has 0 aromatic heterocycles. The Morgan fingerprint density at radius 3 is 2.72 bits per heavy atom. The van der Waals surface area contributed by atoms with Crippen LogP contribution in [-0.2, 0) is 16.8 Å². The molecule has 3 nitrogen and oxygen atoms in total. The highest BCUT2D eigenvalue weighted by Crippen LogP contribution is 2.32. The lowest BCUT2D eigenvalue weighted by Gasteiger charge is -2.39. The Kier molecular flexibility index (Phi) is 4.77. The summed E-state index contributed by atoms with van der Waals surface area (Å²) in [4.78, 5) is 12.9. The Bertz CT molecular complexity index is 432. The molecule has 1 N–H and O–H groups in total. The van der Waals surface area contributed by atoms with Crippen LogP contribution in [0, 0.1) is 0 Å². The van der Waals surface area contributed by atoms with Crippen LogP contribution in [0.2, 0.25) is 0 Å². The van der Waals surface area contributed by atoms with E-state index in [0.29, 0.717) is 6.54 Å². The Hall–Kier alpha value is -1.06. The van der Waals surface area contributed by atoms with E-state index in [1.807, 2.05) is 0 Å². The molecule has 0 unspecified atom stereocenters. The van der Waals surface area contributed by atoms with Crippen molar-refractivity contribution >= 4 is 18.4 Å². The molecule has 4 heteroatoms. The van der Waals surface area contributed by atoms with Crippen molar-refractivity contribution in [3.05, 3.63) is 35.4 Å². The lowest BCUT2D eigenvalue weighted by molar-refractivity contribution is -0.137. The van der Waals surface area contributed by atoms with Crippen LogP contribution < -0.4 is 0 Å². The van der Waals surface area contributed by atoms with Gasteiger partial charge in [-0.1, -0.05) is 38.1 Å². The highest BCUT2D eigenvalue weighted by Gasteiger charge is 2.31. The van der Waals surface area contributed by atoms with Crippen molar-refractivity contribution in [2.45, 2.75) is 32.2 Å². The number of benzene rings is 1. The van der Waals surface area contributed by atoms with Crippen molar-refractivity contribution in [2.24, 2.45) is 0 Å². The van der Waals surface area contributed by atoms with Gasteiger partial charge in [0.25, 0.3) is 0 Å². The van der Waals surface area contributed by atoms with Crippen LogP contribution in [0.15, 0.2) is 24.3 Å². The number of carbonyl (C=O) groups is 1. The Labute approximate surface area is 114 Å². The molecule has 0 spiro atoms. The number of hydrogen-bond acceptors (Lipinski definition) is 2. The van der Waals surface area contributed by atoms with Gasteiger partial charge >= 0.3 is 5.97 Å². The standard InChI is InChI=1S/C14H19NO2.ClH/c1-14(2)10-15(8-7-13(16)17)9-11-5-3-4-6-12(11)14;/h3-6H,7-10H2,1-2H3,(H,16,17);1H. The molecule has 0 saturated heterocycles. The zero-order valence-electron chi connectivity index (χ0n) is 10.8. The van der Waals surface area contributed by atoms with Gasteiger partial charge in [0, 0.05) is 25.0 Å².